The van der Waals surface area contributed by atoms with Gasteiger partial charge < -0.3 is 10.6 Å². The monoisotopic (exact) mass is 285 g/mol. The molecule has 0 amide bonds. The molecule has 0 fully saturated rings. The largest absolute Gasteiger partial charge is 0.384 e. The summed E-state index contributed by atoms with van der Waals surface area (Å²) in [7, 11) is 2.00. The average molecular weight is 285 g/mol. The molecule has 0 saturated heterocycles. The van der Waals surface area contributed by atoms with Gasteiger partial charge >= 0.3 is 0 Å². The summed E-state index contributed by atoms with van der Waals surface area (Å²) in [5.74, 6) is 1.07. The summed E-state index contributed by atoms with van der Waals surface area (Å²) < 4.78 is 0. The van der Waals surface area contributed by atoms with Gasteiger partial charge in [-0.3, -0.25) is 5.41 Å². The highest BCUT2D eigenvalue weighted by Crippen LogP contribution is 2.33. The summed E-state index contributed by atoms with van der Waals surface area (Å²) in [6, 6.07) is 16.1. The van der Waals surface area contributed by atoms with E-state index in [1.165, 1.54) is 0 Å². The number of hydrogen-bond donors (Lipinski definition) is 2. The number of thioether (sulfide) groups is 1. The standard InChI is InChI=1S/C16H19N3S/c1-3-20-14-11-7-10-13(15(14)16(17)18)19(2)12-8-5-4-6-9-12/h4-11H,3H2,1-2H3,(H3,17,18). The van der Waals surface area contributed by atoms with E-state index in [0.29, 0.717) is 0 Å². The Labute approximate surface area is 124 Å². The number of anilines is 2. The number of hydrogen-bond acceptors (Lipinski definition) is 3. The molecule has 104 valence electrons. The second kappa shape index (κ2) is 6.48. The average Bonchev–Trinajstić information content (AvgIpc) is 2.47. The minimum Gasteiger partial charge on any atom is -0.384 e. The van der Waals surface area contributed by atoms with Crippen LogP contribution >= 0.6 is 11.8 Å². The molecule has 0 aliphatic carbocycles. The smallest absolute Gasteiger partial charge is 0.126 e. The topological polar surface area (TPSA) is 53.1 Å². The van der Waals surface area contributed by atoms with Crippen molar-refractivity contribution in [3.8, 4) is 0 Å². The first-order valence-corrected chi connectivity index (χ1v) is 7.52. The summed E-state index contributed by atoms with van der Waals surface area (Å²) in [4.78, 5) is 3.12. The third kappa shape index (κ3) is 2.96. The van der Waals surface area contributed by atoms with Crippen molar-refractivity contribution in [2.45, 2.75) is 11.8 Å². The number of amidine groups is 1. The molecule has 0 atom stereocenters. The van der Waals surface area contributed by atoms with E-state index in [9.17, 15) is 0 Å². The SMILES string of the molecule is CCSc1cccc(N(C)c2ccccc2)c1C(=N)N. The third-order valence-electron chi connectivity index (χ3n) is 3.08. The van der Waals surface area contributed by atoms with Gasteiger partial charge in [-0.2, -0.15) is 0 Å². The van der Waals surface area contributed by atoms with Crippen molar-refractivity contribution in [2.75, 3.05) is 17.7 Å². The first kappa shape index (κ1) is 14.5. The quantitative estimate of drug-likeness (QED) is 0.498. The van der Waals surface area contributed by atoms with Gasteiger partial charge in [0.05, 0.1) is 11.3 Å². The molecule has 2 aromatic rings. The van der Waals surface area contributed by atoms with Crippen LogP contribution in [0.2, 0.25) is 0 Å². The molecule has 0 spiro atoms. The Balaban J connectivity index is 2.51. The number of nitrogens with zero attached hydrogens (tertiary/aromatic N) is 1. The first-order chi connectivity index (χ1) is 9.65. The number of benzene rings is 2. The van der Waals surface area contributed by atoms with Gasteiger partial charge in [-0.05, 0) is 30.0 Å². The van der Waals surface area contributed by atoms with E-state index in [2.05, 4.69) is 11.8 Å². The Morgan fingerprint density at radius 1 is 1.15 bits per heavy atom. The lowest BCUT2D eigenvalue weighted by Crippen LogP contribution is -2.19. The fourth-order valence-corrected chi connectivity index (χ4v) is 2.98. The van der Waals surface area contributed by atoms with Crippen LogP contribution in [0.25, 0.3) is 0 Å². The van der Waals surface area contributed by atoms with Crippen molar-refractivity contribution in [1.29, 1.82) is 5.41 Å². The summed E-state index contributed by atoms with van der Waals surface area (Å²) in [6.07, 6.45) is 0. The lowest BCUT2D eigenvalue weighted by atomic mass is 10.1. The molecule has 2 rings (SSSR count). The van der Waals surface area contributed by atoms with Crippen LogP contribution in [0.15, 0.2) is 53.4 Å². The number of para-hydroxylation sites is 1. The molecule has 0 radical (unpaired) electrons. The molecule has 3 nitrogen and oxygen atoms in total. The molecule has 0 saturated carbocycles. The molecule has 0 unspecified atom stereocenters. The number of nitrogens with one attached hydrogen (secondary N) is 1. The summed E-state index contributed by atoms with van der Waals surface area (Å²) in [5.41, 5.74) is 8.65. The van der Waals surface area contributed by atoms with Crippen LogP contribution in [0.1, 0.15) is 12.5 Å². The molecule has 20 heavy (non-hydrogen) atoms. The second-order valence-corrected chi connectivity index (χ2v) is 5.70. The highest BCUT2D eigenvalue weighted by molar-refractivity contribution is 7.99. The van der Waals surface area contributed by atoms with E-state index in [1.807, 2.05) is 55.6 Å². The predicted octanol–water partition coefficient (Wildman–Crippen LogP) is 3.85. The van der Waals surface area contributed by atoms with Gasteiger partial charge in [-0.1, -0.05) is 31.2 Å². The van der Waals surface area contributed by atoms with Crippen molar-refractivity contribution >= 4 is 29.0 Å². The molecule has 0 aromatic heterocycles. The highest BCUT2D eigenvalue weighted by atomic mass is 32.2. The van der Waals surface area contributed by atoms with E-state index < -0.39 is 0 Å². The summed E-state index contributed by atoms with van der Waals surface area (Å²) in [5, 5.41) is 7.89. The van der Waals surface area contributed by atoms with E-state index in [1.54, 1.807) is 11.8 Å². The molecule has 0 heterocycles. The lowest BCUT2D eigenvalue weighted by Gasteiger charge is -2.23. The van der Waals surface area contributed by atoms with Crippen molar-refractivity contribution in [3.05, 3.63) is 54.1 Å². The maximum atomic E-state index is 7.89. The molecular weight excluding hydrogens is 266 g/mol. The molecule has 0 aliphatic heterocycles. The van der Waals surface area contributed by atoms with Crippen LogP contribution in [0.4, 0.5) is 11.4 Å². The third-order valence-corrected chi connectivity index (χ3v) is 4.02. The summed E-state index contributed by atoms with van der Waals surface area (Å²) >= 11 is 1.71. The highest BCUT2D eigenvalue weighted by Gasteiger charge is 2.15. The fourth-order valence-electron chi connectivity index (χ4n) is 2.14. The molecule has 4 heteroatoms. The number of nitrogen functional groups attached to an aromatic ring is 1. The molecule has 0 bridgehead atoms. The summed E-state index contributed by atoms with van der Waals surface area (Å²) in [6.45, 7) is 2.10. The fraction of sp³-hybridized carbons (Fsp3) is 0.188. The van der Waals surface area contributed by atoms with E-state index in [-0.39, 0.29) is 5.84 Å². The van der Waals surface area contributed by atoms with E-state index in [4.69, 9.17) is 11.1 Å². The Kier molecular flexibility index (Phi) is 4.69. The van der Waals surface area contributed by atoms with Crippen LogP contribution < -0.4 is 10.6 Å². The molecular formula is C16H19N3S. The van der Waals surface area contributed by atoms with Crippen LogP contribution in [0, 0.1) is 5.41 Å². The molecule has 3 N–H and O–H groups in total. The molecule has 2 aromatic carbocycles. The zero-order valence-electron chi connectivity index (χ0n) is 11.8. The minimum atomic E-state index is 0.110. The number of nitrogens with two attached hydrogens (primary N) is 1. The van der Waals surface area contributed by atoms with E-state index >= 15 is 0 Å². The van der Waals surface area contributed by atoms with Gasteiger partial charge in [0.15, 0.2) is 0 Å². The van der Waals surface area contributed by atoms with Crippen LogP contribution in [0.5, 0.6) is 0 Å². The predicted molar refractivity (Wildman–Crippen MR) is 88.4 cm³/mol. The van der Waals surface area contributed by atoms with Gasteiger partial charge in [0.25, 0.3) is 0 Å². The normalized spacial score (nSPS) is 10.3. The van der Waals surface area contributed by atoms with Gasteiger partial charge in [0.1, 0.15) is 5.84 Å². The van der Waals surface area contributed by atoms with Gasteiger partial charge in [0, 0.05) is 17.6 Å². The maximum absolute atomic E-state index is 7.89. The lowest BCUT2D eigenvalue weighted by molar-refractivity contribution is 1.18. The van der Waals surface area contributed by atoms with Crippen molar-refractivity contribution in [3.63, 3.8) is 0 Å². The minimum absolute atomic E-state index is 0.110. The maximum Gasteiger partial charge on any atom is 0.126 e. The van der Waals surface area contributed by atoms with Crippen LogP contribution in [-0.2, 0) is 0 Å². The second-order valence-electron chi connectivity index (χ2n) is 4.39. The zero-order chi connectivity index (χ0) is 14.5. The van der Waals surface area contributed by atoms with Crippen molar-refractivity contribution in [2.24, 2.45) is 5.73 Å². The van der Waals surface area contributed by atoms with Crippen molar-refractivity contribution < 1.29 is 0 Å². The Morgan fingerprint density at radius 3 is 2.45 bits per heavy atom. The van der Waals surface area contributed by atoms with Crippen LogP contribution in [0.3, 0.4) is 0 Å². The first-order valence-electron chi connectivity index (χ1n) is 6.54. The van der Waals surface area contributed by atoms with Gasteiger partial charge in [-0.25, -0.2) is 0 Å². The number of rotatable bonds is 5. The molecule has 0 aliphatic rings. The van der Waals surface area contributed by atoms with Crippen molar-refractivity contribution in [1.82, 2.24) is 0 Å². The van der Waals surface area contributed by atoms with Gasteiger partial charge in [0.2, 0.25) is 0 Å². The zero-order valence-corrected chi connectivity index (χ0v) is 12.6. The van der Waals surface area contributed by atoms with Gasteiger partial charge in [-0.15, -0.1) is 11.8 Å². The van der Waals surface area contributed by atoms with E-state index in [0.717, 1.165) is 27.6 Å². The Morgan fingerprint density at radius 2 is 1.85 bits per heavy atom. The Hall–Kier alpha value is -1.94. The Bertz CT molecular complexity index is 596. The van der Waals surface area contributed by atoms with Crippen LogP contribution in [-0.4, -0.2) is 18.6 Å².